The minimum atomic E-state index is -4.15. The summed E-state index contributed by atoms with van der Waals surface area (Å²) in [5, 5.41) is 0. The van der Waals surface area contributed by atoms with Crippen molar-refractivity contribution in [2.75, 3.05) is 45.8 Å². The van der Waals surface area contributed by atoms with Crippen molar-refractivity contribution < 1.29 is 18.0 Å². The van der Waals surface area contributed by atoms with Crippen LogP contribution in [-0.4, -0.2) is 78.6 Å². The molecule has 1 amide bonds. The zero-order valence-corrected chi connectivity index (χ0v) is 14.2. The Morgan fingerprint density at radius 3 is 2.00 bits per heavy atom. The second-order valence-electron chi connectivity index (χ2n) is 7.47. The van der Waals surface area contributed by atoms with Crippen molar-refractivity contribution in [3.8, 4) is 0 Å². The smallest absolute Gasteiger partial charge is 0.340 e. The third-order valence-corrected chi connectivity index (χ3v) is 5.81. The molecule has 2 heterocycles. The topological polar surface area (TPSA) is 26.8 Å². The number of carbonyl (C=O) groups excluding carboxylic acids is 1. The highest BCUT2D eigenvalue weighted by Gasteiger charge is 2.35. The number of piperazine rings is 1. The molecule has 3 aliphatic rings. The number of alkyl halides is 3. The van der Waals surface area contributed by atoms with Crippen molar-refractivity contribution in [1.82, 2.24) is 14.7 Å². The van der Waals surface area contributed by atoms with E-state index in [1.807, 2.05) is 0 Å². The van der Waals surface area contributed by atoms with Crippen molar-refractivity contribution in [3.05, 3.63) is 0 Å². The fourth-order valence-corrected chi connectivity index (χ4v) is 4.42. The molecule has 0 aromatic heterocycles. The Bertz CT molecular complexity index is 421. The molecule has 0 unspecified atom stereocenters. The molecule has 0 bridgehead atoms. The van der Waals surface area contributed by atoms with Gasteiger partial charge in [-0.3, -0.25) is 9.69 Å². The molecule has 7 heteroatoms. The van der Waals surface area contributed by atoms with Crippen molar-refractivity contribution in [3.63, 3.8) is 0 Å². The number of amides is 1. The Kier molecular flexibility index (Phi) is 5.70. The van der Waals surface area contributed by atoms with Crippen molar-refractivity contribution in [2.45, 2.75) is 50.7 Å². The number of rotatable bonds is 3. The zero-order chi connectivity index (χ0) is 17.2. The molecule has 3 rings (SSSR count). The molecule has 0 atom stereocenters. The molecule has 4 nitrogen and oxygen atoms in total. The van der Waals surface area contributed by atoms with E-state index in [0.29, 0.717) is 32.2 Å². The third kappa shape index (κ3) is 4.63. The molecule has 1 saturated carbocycles. The second-order valence-corrected chi connectivity index (χ2v) is 7.47. The predicted octanol–water partition coefficient (Wildman–Crippen LogP) is 2.35. The van der Waals surface area contributed by atoms with Crippen molar-refractivity contribution in [2.24, 2.45) is 5.92 Å². The maximum Gasteiger partial charge on any atom is 0.401 e. The minimum Gasteiger partial charge on any atom is -0.340 e. The summed E-state index contributed by atoms with van der Waals surface area (Å²) in [5.41, 5.74) is 0. The maximum atomic E-state index is 12.6. The first-order valence-electron chi connectivity index (χ1n) is 9.24. The van der Waals surface area contributed by atoms with E-state index in [4.69, 9.17) is 0 Å². The number of likely N-dealkylation sites (tertiary alicyclic amines) is 1. The van der Waals surface area contributed by atoms with Crippen molar-refractivity contribution in [1.29, 1.82) is 0 Å². The van der Waals surface area contributed by atoms with Gasteiger partial charge in [0, 0.05) is 38.1 Å². The predicted molar refractivity (Wildman–Crippen MR) is 85.6 cm³/mol. The van der Waals surface area contributed by atoms with Gasteiger partial charge < -0.3 is 9.80 Å². The van der Waals surface area contributed by atoms with Crippen LogP contribution in [0.1, 0.15) is 38.5 Å². The minimum absolute atomic E-state index is 0.0665. The number of carbonyl (C=O) groups is 1. The number of halogens is 3. The van der Waals surface area contributed by atoms with Gasteiger partial charge in [0.05, 0.1) is 6.54 Å². The van der Waals surface area contributed by atoms with Crippen LogP contribution < -0.4 is 0 Å². The molecule has 1 aliphatic carbocycles. The van der Waals surface area contributed by atoms with Gasteiger partial charge in [0.2, 0.25) is 5.91 Å². The van der Waals surface area contributed by atoms with E-state index < -0.39 is 12.7 Å². The van der Waals surface area contributed by atoms with E-state index in [-0.39, 0.29) is 11.8 Å². The van der Waals surface area contributed by atoms with Gasteiger partial charge >= 0.3 is 6.18 Å². The summed E-state index contributed by atoms with van der Waals surface area (Å²) in [4.78, 5) is 18.4. The maximum absolute atomic E-state index is 12.6. The Labute approximate surface area is 141 Å². The van der Waals surface area contributed by atoms with Crippen LogP contribution in [0.3, 0.4) is 0 Å². The summed E-state index contributed by atoms with van der Waals surface area (Å²) in [6, 6.07) is 0.715. The lowest BCUT2D eigenvalue weighted by molar-refractivity contribution is -0.153. The van der Waals surface area contributed by atoms with Gasteiger partial charge in [0.1, 0.15) is 0 Å². The van der Waals surface area contributed by atoms with Gasteiger partial charge in [-0.15, -0.1) is 0 Å². The van der Waals surface area contributed by atoms with Crippen LogP contribution in [0, 0.1) is 5.92 Å². The lowest BCUT2D eigenvalue weighted by Gasteiger charge is -2.40. The average molecular weight is 347 g/mol. The monoisotopic (exact) mass is 347 g/mol. The SMILES string of the molecule is O=C(C1CCN(C2CCCC2)CC1)N1CCN(CC(F)(F)F)CC1. The summed E-state index contributed by atoms with van der Waals surface area (Å²) in [6.07, 6.45) is 2.88. The average Bonchev–Trinajstić information content (AvgIpc) is 3.08. The highest BCUT2D eigenvalue weighted by Crippen LogP contribution is 2.28. The Hall–Kier alpha value is -0.820. The molecule has 0 aromatic rings. The van der Waals surface area contributed by atoms with Crippen LogP contribution >= 0.6 is 0 Å². The van der Waals surface area contributed by atoms with E-state index in [2.05, 4.69) is 4.90 Å². The largest absolute Gasteiger partial charge is 0.401 e. The van der Waals surface area contributed by atoms with E-state index in [1.165, 1.54) is 30.6 Å². The standard InChI is InChI=1S/C17H28F3N3O/c18-17(19,20)13-21-9-11-23(12-10-21)16(24)14-5-7-22(8-6-14)15-3-1-2-4-15/h14-15H,1-13H2. The van der Waals surface area contributed by atoms with E-state index in [1.54, 1.807) is 4.90 Å². The van der Waals surface area contributed by atoms with Crippen molar-refractivity contribution >= 4 is 5.91 Å². The van der Waals surface area contributed by atoms with Crippen LogP contribution in [0.25, 0.3) is 0 Å². The van der Waals surface area contributed by atoms with Gasteiger partial charge in [0.25, 0.3) is 0 Å². The Morgan fingerprint density at radius 2 is 1.46 bits per heavy atom. The molecule has 138 valence electrons. The van der Waals surface area contributed by atoms with Gasteiger partial charge in [0.15, 0.2) is 0 Å². The summed E-state index contributed by atoms with van der Waals surface area (Å²) in [6.45, 7) is 2.63. The molecule has 0 radical (unpaired) electrons. The quantitative estimate of drug-likeness (QED) is 0.784. The summed E-state index contributed by atoms with van der Waals surface area (Å²) in [7, 11) is 0. The summed E-state index contributed by atoms with van der Waals surface area (Å²) < 4.78 is 37.3. The first-order chi connectivity index (χ1) is 11.4. The first-order valence-corrected chi connectivity index (χ1v) is 9.24. The summed E-state index contributed by atoms with van der Waals surface area (Å²) in [5.74, 6) is 0.226. The first kappa shape index (κ1) is 18.0. The highest BCUT2D eigenvalue weighted by molar-refractivity contribution is 5.79. The second kappa shape index (κ2) is 7.60. The van der Waals surface area contributed by atoms with Gasteiger partial charge in [-0.1, -0.05) is 12.8 Å². The van der Waals surface area contributed by atoms with Crippen LogP contribution in [0.4, 0.5) is 13.2 Å². The van der Waals surface area contributed by atoms with E-state index in [9.17, 15) is 18.0 Å². The highest BCUT2D eigenvalue weighted by atomic mass is 19.4. The number of nitrogens with zero attached hydrogens (tertiary/aromatic N) is 3. The Balaban J connectivity index is 1.41. The van der Waals surface area contributed by atoms with E-state index in [0.717, 1.165) is 25.9 Å². The molecular formula is C17H28F3N3O. The van der Waals surface area contributed by atoms with Crippen LogP contribution in [0.5, 0.6) is 0 Å². The van der Waals surface area contributed by atoms with Gasteiger partial charge in [-0.25, -0.2) is 0 Å². The van der Waals surface area contributed by atoms with Gasteiger partial charge in [-0.2, -0.15) is 13.2 Å². The normalized spacial score (nSPS) is 26.2. The number of hydrogen-bond donors (Lipinski definition) is 0. The fraction of sp³-hybridized carbons (Fsp3) is 0.941. The molecule has 0 N–H and O–H groups in total. The third-order valence-electron chi connectivity index (χ3n) is 5.81. The molecular weight excluding hydrogens is 319 g/mol. The Morgan fingerprint density at radius 1 is 0.875 bits per heavy atom. The zero-order valence-electron chi connectivity index (χ0n) is 14.2. The fourth-order valence-electron chi connectivity index (χ4n) is 4.42. The molecule has 3 fully saturated rings. The number of piperidine rings is 1. The molecule has 0 spiro atoms. The molecule has 2 aliphatic heterocycles. The lowest BCUT2D eigenvalue weighted by Crippen LogP contribution is -2.53. The van der Waals surface area contributed by atoms with Crippen LogP contribution in [0.15, 0.2) is 0 Å². The molecule has 0 aromatic carbocycles. The number of hydrogen-bond acceptors (Lipinski definition) is 3. The van der Waals surface area contributed by atoms with Crippen LogP contribution in [0.2, 0.25) is 0 Å². The molecule has 2 saturated heterocycles. The van der Waals surface area contributed by atoms with Crippen LogP contribution in [-0.2, 0) is 4.79 Å². The lowest BCUT2D eigenvalue weighted by atomic mass is 9.93. The molecule has 24 heavy (non-hydrogen) atoms. The van der Waals surface area contributed by atoms with E-state index >= 15 is 0 Å². The summed E-state index contributed by atoms with van der Waals surface area (Å²) >= 11 is 0. The van der Waals surface area contributed by atoms with Gasteiger partial charge in [-0.05, 0) is 38.8 Å².